The van der Waals surface area contributed by atoms with Crippen LogP contribution in [0.25, 0.3) is 0 Å². The Morgan fingerprint density at radius 1 is 1.29 bits per heavy atom. The summed E-state index contributed by atoms with van der Waals surface area (Å²) in [6.45, 7) is 2.27. The van der Waals surface area contributed by atoms with Gasteiger partial charge in [0.15, 0.2) is 0 Å². The largest absolute Gasteiger partial charge is 0.395 e. The quantitative estimate of drug-likeness (QED) is 0.652. The topological polar surface area (TPSA) is 44.3 Å². The zero-order chi connectivity index (χ0) is 9.97. The number of aliphatic hydroxyl groups excluding tert-OH is 1. The van der Waals surface area contributed by atoms with Crippen LogP contribution < -0.4 is 10.9 Å². The Kier molecular flexibility index (Phi) is 2.82. The van der Waals surface area contributed by atoms with E-state index in [0.717, 1.165) is 6.42 Å². The van der Waals surface area contributed by atoms with Gasteiger partial charge in [0.1, 0.15) is 0 Å². The average molecular weight is 192 g/mol. The van der Waals surface area contributed by atoms with Crippen LogP contribution in [0.1, 0.15) is 23.6 Å². The Bertz CT molecular complexity index is 297. The molecular weight excluding hydrogens is 176 g/mol. The second-order valence-corrected chi connectivity index (χ2v) is 3.87. The van der Waals surface area contributed by atoms with Gasteiger partial charge in [-0.25, -0.2) is 5.43 Å². The first-order valence-corrected chi connectivity index (χ1v) is 4.98. The summed E-state index contributed by atoms with van der Waals surface area (Å²) in [7, 11) is 0. The van der Waals surface area contributed by atoms with Crippen molar-refractivity contribution in [1.82, 2.24) is 10.9 Å². The molecule has 1 saturated heterocycles. The number of hydrogen-bond donors (Lipinski definition) is 3. The smallest absolute Gasteiger partial charge is 0.0598 e. The van der Waals surface area contributed by atoms with Crippen molar-refractivity contribution in [3.63, 3.8) is 0 Å². The monoisotopic (exact) mass is 192 g/mol. The number of benzene rings is 1. The fraction of sp³-hybridized carbons (Fsp3) is 0.455. The van der Waals surface area contributed by atoms with Crippen molar-refractivity contribution in [2.24, 2.45) is 0 Å². The van der Waals surface area contributed by atoms with Gasteiger partial charge in [0.25, 0.3) is 0 Å². The molecule has 1 aliphatic rings. The van der Waals surface area contributed by atoms with Crippen molar-refractivity contribution in [2.45, 2.75) is 25.4 Å². The first-order chi connectivity index (χ1) is 6.79. The van der Waals surface area contributed by atoms with Crippen LogP contribution in [0.15, 0.2) is 24.3 Å². The minimum absolute atomic E-state index is 0.182. The molecule has 1 aliphatic heterocycles. The highest BCUT2D eigenvalue weighted by atomic mass is 16.3. The normalized spacial score (nSPS) is 26.7. The van der Waals surface area contributed by atoms with Crippen LogP contribution in [0.5, 0.6) is 0 Å². The van der Waals surface area contributed by atoms with E-state index in [1.807, 2.05) is 0 Å². The van der Waals surface area contributed by atoms with Gasteiger partial charge >= 0.3 is 0 Å². The number of aliphatic hydroxyl groups is 1. The van der Waals surface area contributed by atoms with Gasteiger partial charge in [0.05, 0.1) is 6.61 Å². The van der Waals surface area contributed by atoms with Crippen molar-refractivity contribution in [3.8, 4) is 0 Å². The molecule has 0 saturated carbocycles. The molecule has 2 unspecified atom stereocenters. The lowest BCUT2D eigenvalue weighted by atomic mass is 10.0. The van der Waals surface area contributed by atoms with E-state index in [0.29, 0.717) is 6.04 Å². The Morgan fingerprint density at radius 2 is 2.00 bits per heavy atom. The maximum atomic E-state index is 8.97. The molecular formula is C11H16N2O. The van der Waals surface area contributed by atoms with E-state index in [2.05, 4.69) is 42.0 Å². The predicted octanol–water partition coefficient (Wildman–Crippen LogP) is 0.895. The molecule has 3 N–H and O–H groups in total. The van der Waals surface area contributed by atoms with E-state index in [1.54, 1.807) is 0 Å². The Labute approximate surface area is 84.1 Å². The molecule has 1 heterocycles. The van der Waals surface area contributed by atoms with Crippen molar-refractivity contribution in [3.05, 3.63) is 35.4 Å². The molecule has 0 spiro atoms. The van der Waals surface area contributed by atoms with Crippen LogP contribution in [0, 0.1) is 6.92 Å². The van der Waals surface area contributed by atoms with Crippen molar-refractivity contribution < 1.29 is 5.11 Å². The molecule has 3 nitrogen and oxygen atoms in total. The minimum Gasteiger partial charge on any atom is -0.395 e. The summed E-state index contributed by atoms with van der Waals surface area (Å²) < 4.78 is 0. The lowest BCUT2D eigenvalue weighted by molar-refractivity contribution is 0.251. The molecule has 2 atom stereocenters. The third kappa shape index (κ3) is 1.95. The molecule has 0 radical (unpaired) electrons. The Balaban J connectivity index is 2.06. The SMILES string of the molecule is Cc1ccc(C2CC(CO)NN2)cc1. The molecule has 2 rings (SSSR count). The lowest BCUT2D eigenvalue weighted by Gasteiger charge is -2.09. The number of aryl methyl sites for hydroxylation is 1. The van der Waals surface area contributed by atoms with Crippen LogP contribution in [0.3, 0.4) is 0 Å². The Morgan fingerprint density at radius 3 is 2.57 bits per heavy atom. The fourth-order valence-electron chi connectivity index (χ4n) is 1.76. The molecule has 0 aliphatic carbocycles. The van der Waals surface area contributed by atoms with E-state index >= 15 is 0 Å². The van der Waals surface area contributed by atoms with Crippen LogP contribution in [0.2, 0.25) is 0 Å². The van der Waals surface area contributed by atoms with Crippen LogP contribution in [-0.2, 0) is 0 Å². The van der Waals surface area contributed by atoms with Gasteiger partial charge in [-0.1, -0.05) is 29.8 Å². The molecule has 1 fully saturated rings. The standard InChI is InChI=1S/C11H16N2O/c1-8-2-4-9(5-3-8)11-6-10(7-14)12-13-11/h2-5,10-14H,6-7H2,1H3. The average Bonchev–Trinajstić information content (AvgIpc) is 2.67. The highest BCUT2D eigenvalue weighted by Crippen LogP contribution is 2.21. The number of hydrogen-bond acceptors (Lipinski definition) is 3. The maximum absolute atomic E-state index is 8.97. The van der Waals surface area contributed by atoms with E-state index in [9.17, 15) is 0 Å². The zero-order valence-corrected chi connectivity index (χ0v) is 8.33. The third-order valence-corrected chi connectivity index (χ3v) is 2.68. The van der Waals surface area contributed by atoms with Gasteiger partial charge in [-0.2, -0.15) is 0 Å². The zero-order valence-electron chi connectivity index (χ0n) is 8.33. The predicted molar refractivity (Wildman–Crippen MR) is 55.7 cm³/mol. The summed E-state index contributed by atoms with van der Waals surface area (Å²) in [5, 5.41) is 8.97. The van der Waals surface area contributed by atoms with Crippen molar-refractivity contribution in [1.29, 1.82) is 0 Å². The molecule has 1 aromatic carbocycles. The fourth-order valence-corrected chi connectivity index (χ4v) is 1.76. The second-order valence-electron chi connectivity index (χ2n) is 3.87. The molecule has 3 heteroatoms. The van der Waals surface area contributed by atoms with Crippen molar-refractivity contribution in [2.75, 3.05) is 6.61 Å². The highest BCUT2D eigenvalue weighted by molar-refractivity contribution is 5.24. The minimum atomic E-state index is 0.182. The van der Waals surface area contributed by atoms with Crippen LogP contribution in [0.4, 0.5) is 0 Å². The van der Waals surface area contributed by atoms with E-state index in [1.165, 1.54) is 11.1 Å². The lowest BCUT2D eigenvalue weighted by Crippen LogP contribution is -2.32. The summed E-state index contributed by atoms with van der Waals surface area (Å²) in [5.41, 5.74) is 8.81. The van der Waals surface area contributed by atoms with Crippen LogP contribution >= 0.6 is 0 Å². The van der Waals surface area contributed by atoms with Gasteiger partial charge in [0, 0.05) is 12.1 Å². The number of rotatable bonds is 2. The molecule has 76 valence electrons. The Hall–Kier alpha value is -0.900. The third-order valence-electron chi connectivity index (χ3n) is 2.68. The summed E-state index contributed by atoms with van der Waals surface area (Å²) in [5.74, 6) is 0. The van der Waals surface area contributed by atoms with Gasteiger partial charge in [-0.15, -0.1) is 0 Å². The molecule has 14 heavy (non-hydrogen) atoms. The number of hydrazine groups is 1. The molecule has 0 amide bonds. The van der Waals surface area contributed by atoms with Gasteiger partial charge in [-0.3, -0.25) is 5.43 Å². The summed E-state index contributed by atoms with van der Waals surface area (Å²) >= 11 is 0. The molecule has 0 bridgehead atoms. The summed E-state index contributed by atoms with van der Waals surface area (Å²) in [4.78, 5) is 0. The molecule has 1 aromatic rings. The van der Waals surface area contributed by atoms with Crippen LogP contribution in [-0.4, -0.2) is 17.8 Å². The summed E-state index contributed by atoms with van der Waals surface area (Å²) in [6.07, 6.45) is 0.944. The first-order valence-electron chi connectivity index (χ1n) is 4.98. The van der Waals surface area contributed by atoms with Gasteiger partial charge < -0.3 is 5.11 Å². The maximum Gasteiger partial charge on any atom is 0.0598 e. The second kappa shape index (κ2) is 4.09. The van der Waals surface area contributed by atoms with Gasteiger partial charge in [-0.05, 0) is 18.9 Å². The first kappa shape index (κ1) is 9.65. The number of nitrogens with one attached hydrogen (secondary N) is 2. The van der Waals surface area contributed by atoms with E-state index in [4.69, 9.17) is 5.11 Å². The van der Waals surface area contributed by atoms with Gasteiger partial charge in [0.2, 0.25) is 0 Å². The summed E-state index contributed by atoms with van der Waals surface area (Å²) in [6, 6.07) is 9.00. The highest BCUT2D eigenvalue weighted by Gasteiger charge is 2.23. The van der Waals surface area contributed by atoms with Crippen molar-refractivity contribution >= 4 is 0 Å². The van der Waals surface area contributed by atoms with E-state index < -0.39 is 0 Å². The van der Waals surface area contributed by atoms with E-state index in [-0.39, 0.29) is 12.6 Å². The molecule has 0 aromatic heterocycles.